The first-order valence-corrected chi connectivity index (χ1v) is 5.78. The molecule has 1 heterocycles. The highest BCUT2D eigenvalue weighted by Gasteiger charge is 2.05. The summed E-state index contributed by atoms with van der Waals surface area (Å²) in [5, 5.41) is 0.707. The molecule has 0 atom stereocenters. The third-order valence-corrected chi connectivity index (χ3v) is 3.07. The van der Waals surface area contributed by atoms with Gasteiger partial charge in [0.05, 0.1) is 0 Å². The van der Waals surface area contributed by atoms with Gasteiger partial charge in [0.2, 0.25) is 0 Å². The first-order valence-electron chi connectivity index (χ1n) is 4.97. The van der Waals surface area contributed by atoms with Crippen molar-refractivity contribution in [1.82, 2.24) is 4.98 Å². The van der Waals surface area contributed by atoms with Crippen LogP contribution in [0.1, 0.15) is 5.56 Å². The van der Waals surface area contributed by atoms with Crippen LogP contribution in [0, 0.1) is 11.6 Å². The molecule has 0 aliphatic heterocycles. The van der Waals surface area contributed by atoms with Gasteiger partial charge in [0.25, 0.3) is 0 Å². The van der Waals surface area contributed by atoms with Crippen LogP contribution in [0.25, 0.3) is 0 Å². The quantitative estimate of drug-likeness (QED) is 0.912. The second-order valence-corrected chi connectivity index (χ2v) is 4.48. The normalized spacial score (nSPS) is 10.5. The molecule has 1 aromatic carbocycles. The van der Waals surface area contributed by atoms with Crippen molar-refractivity contribution in [3.05, 3.63) is 53.7 Å². The Morgan fingerprint density at radius 2 is 1.94 bits per heavy atom. The maximum Gasteiger partial charge on any atom is 0.159 e. The van der Waals surface area contributed by atoms with E-state index in [1.165, 1.54) is 17.8 Å². The number of hydrogen-bond donors (Lipinski definition) is 1. The summed E-state index contributed by atoms with van der Waals surface area (Å²) in [6.45, 7) is 0.424. The topological polar surface area (TPSA) is 38.9 Å². The van der Waals surface area contributed by atoms with Crippen LogP contribution in [0.4, 0.5) is 8.78 Å². The van der Waals surface area contributed by atoms with Crippen LogP contribution in [-0.4, -0.2) is 4.98 Å². The maximum absolute atomic E-state index is 13.0. The van der Waals surface area contributed by atoms with Crippen LogP contribution >= 0.6 is 11.8 Å². The molecule has 0 amide bonds. The van der Waals surface area contributed by atoms with Gasteiger partial charge in [0.15, 0.2) is 11.6 Å². The lowest BCUT2D eigenvalue weighted by molar-refractivity contribution is 0.506. The third-order valence-electron chi connectivity index (χ3n) is 2.15. The van der Waals surface area contributed by atoms with E-state index >= 15 is 0 Å². The van der Waals surface area contributed by atoms with E-state index in [0.29, 0.717) is 16.5 Å². The summed E-state index contributed by atoms with van der Waals surface area (Å²) >= 11 is 1.27. The van der Waals surface area contributed by atoms with E-state index < -0.39 is 11.6 Å². The molecule has 2 aromatic rings. The van der Waals surface area contributed by atoms with E-state index in [4.69, 9.17) is 5.73 Å². The van der Waals surface area contributed by atoms with Crippen LogP contribution in [0.3, 0.4) is 0 Å². The summed E-state index contributed by atoms with van der Waals surface area (Å²) in [5.41, 5.74) is 6.46. The first-order chi connectivity index (χ1) is 8.19. The molecular weight excluding hydrogens is 242 g/mol. The largest absolute Gasteiger partial charge is 0.326 e. The van der Waals surface area contributed by atoms with Crippen LogP contribution < -0.4 is 5.73 Å². The van der Waals surface area contributed by atoms with E-state index in [1.807, 2.05) is 12.1 Å². The summed E-state index contributed by atoms with van der Waals surface area (Å²) < 4.78 is 25.7. The van der Waals surface area contributed by atoms with E-state index in [9.17, 15) is 8.78 Å². The first kappa shape index (κ1) is 12.0. The van der Waals surface area contributed by atoms with E-state index in [-0.39, 0.29) is 0 Å². The minimum atomic E-state index is -0.857. The van der Waals surface area contributed by atoms with E-state index in [1.54, 1.807) is 6.20 Å². The molecule has 0 spiro atoms. The Labute approximate surface area is 102 Å². The number of nitrogens with zero attached hydrogens (tertiary/aromatic N) is 1. The number of aromatic nitrogens is 1. The van der Waals surface area contributed by atoms with Gasteiger partial charge in [-0.3, -0.25) is 0 Å². The Kier molecular flexibility index (Phi) is 3.71. The number of pyridine rings is 1. The van der Waals surface area contributed by atoms with E-state index in [2.05, 4.69) is 4.98 Å². The van der Waals surface area contributed by atoms with Crippen molar-refractivity contribution < 1.29 is 8.78 Å². The molecule has 5 heteroatoms. The van der Waals surface area contributed by atoms with Gasteiger partial charge in [-0.15, -0.1) is 0 Å². The fourth-order valence-electron chi connectivity index (χ4n) is 1.29. The van der Waals surface area contributed by atoms with Crippen LogP contribution in [0.5, 0.6) is 0 Å². The van der Waals surface area contributed by atoms with Crippen molar-refractivity contribution in [1.29, 1.82) is 0 Å². The summed E-state index contributed by atoms with van der Waals surface area (Å²) in [7, 11) is 0. The van der Waals surface area contributed by atoms with Gasteiger partial charge >= 0.3 is 0 Å². The predicted octanol–water partition coefficient (Wildman–Crippen LogP) is 2.97. The van der Waals surface area contributed by atoms with Gasteiger partial charge in [-0.05, 0) is 35.9 Å². The van der Waals surface area contributed by atoms with Crippen LogP contribution in [0.15, 0.2) is 46.5 Å². The third kappa shape index (κ3) is 3.01. The zero-order valence-corrected chi connectivity index (χ0v) is 9.68. The predicted molar refractivity (Wildman–Crippen MR) is 62.6 cm³/mol. The van der Waals surface area contributed by atoms with Crippen molar-refractivity contribution in [3.63, 3.8) is 0 Å². The lowest BCUT2D eigenvalue weighted by Gasteiger charge is -2.03. The van der Waals surface area contributed by atoms with Crippen molar-refractivity contribution in [2.75, 3.05) is 0 Å². The zero-order chi connectivity index (χ0) is 12.3. The fourth-order valence-corrected chi connectivity index (χ4v) is 2.16. The maximum atomic E-state index is 13.0. The average molecular weight is 252 g/mol. The van der Waals surface area contributed by atoms with Gasteiger partial charge in [-0.1, -0.05) is 11.8 Å². The molecule has 1 aromatic heterocycles. The second-order valence-electron chi connectivity index (χ2n) is 3.38. The van der Waals surface area contributed by atoms with Gasteiger partial charge in [0, 0.05) is 17.6 Å². The highest BCUT2D eigenvalue weighted by Crippen LogP contribution is 2.27. The lowest BCUT2D eigenvalue weighted by atomic mass is 10.3. The smallest absolute Gasteiger partial charge is 0.159 e. The van der Waals surface area contributed by atoms with Crippen LogP contribution in [0.2, 0.25) is 0 Å². The molecule has 0 saturated heterocycles. The Hall–Kier alpha value is -1.46. The second kappa shape index (κ2) is 5.25. The van der Waals surface area contributed by atoms with Crippen molar-refractivity contribution in [2.24, 2.45) is 5.73 Å². The number of hydrogen-bond acceptors (Lipinski definition) is 3. The van der Waals surface area contributed by atoms with Crippen molar-refractivity contribution >= 4 is 11.8 Å². The average Bonchev–Trinajstić information content (AvgIpc) is 2.34. The number of nitrogens with two attached hydrogens (primary N) is 1. The minimum Gasteiger partial charge on any atom is -0.326 e. The number of halogens is 2. The Balaban J connectivity index is 2.22. The Morgan fingerprint density at radius 1 is 1.12 bits per heavy atom. The number of benzene rings is 1. The molecule has 0 unspecified atom stereocenters. The lowest BCUT2D eigenvalue weighted by Crippen LogP contribution is -1.96. The molecule has 2 nitrogen and oxygen atoms in total. The monoisotopic (exact) mass is 252 g/mol. The SMILES string of the molecule is NCc1ccnc(Sc2ccc(F)c(F)c2)c1. The Bertz CT molecular complexity index is 532. The Morgan fingerprint density at radius 3 is 2.65 bits per heavy atom. The summed E-state index contributed by atoms with van der Waals surface area (Å²) in [4.78, 5) is 4.73. The molecule has 17 heavy (non-hydrogen) atoms. The molecule has 2 N–H and O–H groups in total. The highest BCUT2D eigenvalue weighted by molar-refractivity contribution is 7.99. The molecule has 0 aliphatic carbocycles. The standard InChI is InChI=1S/C12H10F2N2S/c13-10-2-1-9(6-11(10)14)17-12-5-8(7-15)3-4-16-12/h1-6H,7,15H2. The van der Waals surface area contributed by atoms with Gasteiger partial charge < -0.3 is 5.73 Å². The van der Waals surface area contributed by atoms with Gasteiger partial charge in [0.1, 0.15) is 5.03 Å². The summed E-state index contributed by atoms with van der Waals surface area (Å²) in [5.74, 6) is -1.71. The number of rotatable bonds is 3. The molecule has 2 rings (SSSR count). The molecular formula is C12H10F2N2S. The van der Waals surface area contributed by atoms with Crippen molar-refractivity contribution in [3.8, 4) is 0 Å². The molecule has 0 saturated carbocycles. The molecule has 0 fully saturated rings. The van der Waals surface area contributed by atoms with E-state index in [0.717, 1.165) is 17.7 Å². The van der Waals surface area contributed by atoms with Crippen molar-refractivity contribution in [2.45, 2.75) is 16.5 Å². The van der Waals surface area contributed by atoms with Gasteiger partial charge in [-0.25, -0.2) is 13.8 Å². The molecule has 0 aliphatic rings. The fraction of sp³-hybridized carbons (Fsp3) is 0.0833. The molecule has 0 bridgehead atoms. The minimum absolute atomic E-state index is 0.424. The molecule has 88 valence electrons. The summed E-state index contributed by atoms with van der Waals surface area (Å²) in [6.07, 6.45) is 1.64. The molecule has 0 radical (unpaired) electrons. The highest BCUT2D eigenvalue weighted by atomic mass is 32.2. The van der Waals surface area contributed by atoms with Gasteiger partial charge in [-0.2, -0.15) is 0 Å². The summed E-state index contributed by atoms with van der Waals surface area (Å²) in [6, 6.07) is 7.41. The zero-order valence-electron chi connectivity index (χ0n) is 8.86. The van der Waals surface area contributed by atoms with Crippen LogP contribution in [-0.2, 0) is 6.54 Å².